The Bertz CT molecular complexity index is 1140. The standard InChI is InChI=1S/C20H16F3N3O3/c21-20(22,23)16-10-17(28)26-8-1-2-15(18(26)24-16)12-3-5-13(6-4-12)19(29)25-9-7-14(27)11-25/h1-6,8,10,14,27H,7,9,11H2/t14-/m0/s1. The first-order valence-corrected chi connectivity index (χ1v) is 8.91. The number of rotatable bonds is 2. The number of amides is 1. The average molecular weight is 403 g/mol. The number of halogens is 3. The molecule has 0 saturated carbocycles. The van der Waals surface area contributed by atoms with E-state index in [1.165, 1.54) is 6.20 Å². The van der Waals surface area contributed by atoms with Gasteiger partial charge in [-0.15, -0.1) is 0 Å². The summed E-state index contributed by atoms with van der Waals surface area (Å²) >= 11 is 0. The molecule has 150 valence electrons. The van der Waals surface area contributed by atoms with Crippen LogP contribution in [0.2, 0.25) is 0 Å². The summed E-state index contributed by atoms with van der Waals surface area (Å²) in [4.78, 5) is 29.8. The lowest BCUT2D eigenvalue weighted by Gasteiger charge is -2.16. The van der Waals surface area contributed by atoms with Crippen LogP contribution in [-0.2, 0) is 6.18 Å². The number of carbonyl (C=O) groups is 1. The summed E-state index contributed by atoms with van der Waals surface area (Å²) in [6.45, 7) is 0.745. The maximum absolute atomic E-state index is 13.1. The molecule has 1 aromatic carbocycles. The molecule has 1 saturated heterocycles. The second kappa shape index (κ2) is 7.00. The van der Waals surface area contributed by atoms with Gasteiger partial charge in [0, 0.05) is 36.5 Å². The first kappa shape index (κ1) is 19.1. The van der Waals surface area contributed by atoms with Crippen LogP contribution in [0.15, 0.2) is 53.5 Å². The Morgan fingerprint density at radius 3 is 2.52 bits per heavy atom. The van der Waals surface area contributed by atoms with Crippen molar-refractivity contribution < 1.29 is 23.1 Å². The Kier molecular flexibility index (Phi) is 4.62. The Morgan fingerprint density at radius 1 is 1.17 bits per heavy atom. The fraction of sp³-hybridized carbons (Fsp3) is 0.250. The predicted octanol–water partition coefficient (Wildman–Crippen LogP) is 2.59. The number of aliphatic hydroxyl groups excluding tert-OH is 1. The van der Waals surface area contributed by atoms with Crippen LogP contribution in [0.3, 0.4) is 0 Å². The average Bonchev–Trinajstić information content (AvgIpc) is 3.13. The quantitative estimate of drug-likeness (QED) is 0.714. The van der Waals surface area contributed by atoms with Gasteiger partial charge in [-0.1, -0.05) is 12.1 Å². The van der Waals surface area contributed by atoms with Crippen LogP contribution in [0.5, 0.6) is 0 Å². The summed E-state index contributed by atoms with van der Waals surface area (Å²) in [7, 11) is 0. The molecule has 29 heavy (non-hydrogen) atoms. The van der Waals surface area contributed by atoms with Crippen molar-refractivity contribution >= 4 is 11.6 Å². The van der Waals surface area contributed by atoms with Gasteiger partial charge >= 0.3 is 6.18 Å². The minimum absolute atomic E-state index is 0.117. The molecule has 1 fully saturated rings. The smallest absolute Gasteiger partial charge is 0.391 e. The van der Waals surface area contributed by atoms with Crippen molar-refractivity contribution in [2.45, 2.75) is 18.7 Å². The third-order valence-electron chi connectivity index (χ3n) is 4.87. The highest BCUT2D eigenvalue weighted by Gasteiger charge is 2.33. The Hall–Kier alpha value is -3.20. The molecule has 0 bridgehead atoms. The van der Waals surface area contributed by atoms with Gasteiger partial charge < -0.3 is 10.0 Å². The second-order valence-corrected chi connectivity index (χ2v) is 6.86. The summed E-state index contributed by atoms with van der Waals surface area (Å²) < 4.78 is 40.3. The van der Waals surface area contributed by atoms with Gasteiger partial charge in [-0.2, -0.15) is 13.2 Å². The maximum atomic E-state index is 13.1. The highest BCUT2D eigenvalue weighted by molar-refractivity contribution is 5.95. The van der Waals surface area contributed by atoms with Crippen LogP contribution >= 0.6 is 0 Å². The minimum Gasteiger partial charge on any atom is -0.391 e. The van der Waals surface area contributed by atoms with E-state index in [0.29, 0.717) is 35.7 Å². The lowest BCUT2D eigenvalue weighted by molar-refractivity contribution is -0.141. The first-order valence-electron chi connectivity index (χ1n) is 8.91. The van der Waals surface area contributed by atoms with Crippen LogP contribution in [0.1, 0.15) is 22.5 Å². The van der Waals surface area contributed by atoms with E-state index < -0.39 is 23.5 Å². The predicted molar refractivity (Wildman–Crippen MR) is 98.4 cm³/mol. The number of β-amino-alcohol motifs (C(OH)–C–C–N with tert-alkyl or cyclic N) is 1. The molecule has 0 spiro atoms. The topological polar surface area (TPSA) is 74.9 Å². The van der Waals surface area contributed by atoms with Crippen molar-refractivity contribution in [1.82, 2.24) is 14.3 Å². The number of benzene rings is 1. The van der Waals surface area contributed by atoms with E-state index in [4.69, 9.17) is 0 Å². The highest BCUT2D eigenvalue weighted by Crippen LogP contribution is 2.29. The summed E-state index contributed by atoms with van der Waals surface area (Å²) in [6, 6.07) is 9.90. The van der Waals surface area contributed by atoms with Gasteiger partial charge in [0.1, 0.15) is 5.65 Å². The molecule has 9 heteroatoms. The van der Waals surface area contributed by atoms with E-state index in [9.17, 15) is 27.9 Å². The molecule has 4 rings (SSSR count). The van der Waals surface area contributed by atoms with Gasteiger partial charge in [0.15, 0.2) is 5.69 Å². The molecular formula is C20H16F3N3O3. The molecular weight excluding hydrogens is 387 g/mol. The van der Waals surface area contributed by atoms with Crippen LogP contribution in [-0.4, -0.2) is 44.5 Å². The molecule has 3 heterocycles. The van der Waals surface area contributed by atoms with E-state index in [1.54, 1.807) is 41.3 Å². The van der Waals surface area contributed by atoms with Crippen LogP contribution in [0, 0.1) is 0 Å². The Labute approximate surface area is 162 Å². The normalized spacial score (nSPS) is 17.1. The highest BCUT2D eigenvalue weighted by atomic mass is 19.4. The van der Waals surface area contributed by atoms with Crippen molar-refractivity contribution in [3.8, 4) is 11.1 Å². The summed E-state index contributed by atoms with van der Waals surface area (Å²) in [6.07, 6.45) is -3.38. The number of aromatic nitrogens is 2. The van der Waals surface area contributed by atoms with Gasteiger partial charge in [0.2, 0.25) is 0 Å². The number of pyridine rings is 1. The molecule has 1 N–H and O–H groups in total. The van der Waals surface area contributed by atoms with Crippen molar-refractivity contribution in [1.29, 1.82) is 0 Å². The van der Waals surface area contributed by atoms with E-state index in [1.807, 2.05) is 0 Å². The summed E-state index contributed by atoms with van der Waals surface area (Å²) in [5.74, 6) is -0.222. The molecule has 3 aromatic rings. The molecule has 6 nitrogen and oxygen atoms in total. The lowest BCUT2D eigenvalue weighted by Crippen LogP contribution is -2.29. The van der Waals surface area contributed by atoms with Gasteiger partial charge in [-0.05, 0) is 36.2 Å². The summed E-state index contributed by atoms with van der Waals surface area (Å²) in [5.41, 5.74) is -0.935. The number of alkyl halides is 3. The van der Waals surface area contributed by atoms with Gasteiger partial charge in [-0.25, -0.2) is 4.98 Å². The fourth-order valence-corrected chi connectivity index (χ4v) is 3.40. The number of likely N-dealkylation sites (tertiary alicyclic amines) is 1. The molecule has 0 unspecified atom stereocenters. The molecule has 1 atom stereocenters. The molecule has 1 aliphatic heterocycles. The molecule has 1 amide bonds. The minimum atomic E-state index is -4.74. The zero-order chi connectivity index (χ0) is 20.8. The molecule has 2 aromatic heterocycles. The monoisotopic (exact) mass is 403 g/mol. The van der Waals surface area contributed by atoms with Crippen LogP contribution < -0.4 is 5.56 Å². The molecule has 0 radical (unpaired) electrons. The number of hydrogen-bond donors (Lipinski definition) is 1. The van der Waals surface area contributed by atoms with Crippen LogP contribution in [0.4, 0.5) is 13.2 Å². The van der Waals surface area contributed by atoms with Crippen molar-refractivity contribution in [3.63, 3.8) is 0 Å². The fourth-order valence-electron chi connectivity index (χ4n) is 3.40. The van der Waals surface area contributed by atoms with Gasteiger partial charge in [0.05, 0.1) is 6.10 Å². The maximum Gasteiger partial charge on any atom is 0.433 e. The van der Waals surface area contributed by atoms with Gasteiger partial charge in [0.25, 0.3) is 11.5 Å². The van der Waals surface area contributed by atoms with E-state index >= 15 is 0 Å². The van der Waals surface area contributed by atoms with E-state index in [2.05, 4.69) is 4.98 Å². The number of aliphatic hydroxyl groups is 1. The number of fused-ring (bicyclic) bond motifs is 1. The number of hydrogen-bond acceptors (Lipinski definition) is 4. The molecule has 0 aliphatic carbocycles. The zero-order valence-corrected chi connectivity index (χ0v) is 15.1. The lowest BCUT2D eigenvalue weighted by atomic mass is 10.0. The second-order valence-electron chi connectivity index (χ2n) is 6.86. The van der Waals surface area contributed by atoms with Crippen LogP contribution in [0.25, 0.3) is 16.8 Å². The van der Waals surface area contributed by atoms with Crippen molar-refractivity contribution in [3.05, 3.63) is 70.3 Å². The number of nitrogens with zero attached hydrogens (tertiary/aromatic N) is 3. The Balaban J connectivity index is 1.74. The summed E-state index contributed by atoms with van der Waals surface area (Å²) in [5, 5.41) is 9.58. The van der Waals surface area contributed by atoms with Crippen molar-refractivity contribution in [2.24, 2.45) is 0 Å². The third kappa shape index (κ3) is 3.61. The number of carbonyl (C=O) groups excluding carboxylic acids is 1. The SMILES string of the molecule is O=C(c1ccc(-c2cccn3c(=O)cc(C(F)(F)F)nc23)cc1)N1CC[C@H](O)C1. The Morgan fingerprint density at radius 2 is 1.90 bits per heavy atom. The van der Waals surface area contributed by atoms with Gasteiger partial charge in [-0.3, -0.25) is 14.0 Å². The molecule has 1 aliphatic rings. The largest absolute Gasteiger partial charge is 0.433 e. The van der Waals surface area contributed by atoms with Crippen molar-refractivity contribution in [2.75, 3.05) is 13.1 Å². The van der Waals surface area contributed by atoms with E-state index in [0.717, 1.165) is 4.40 Å². The van der Waals surface area contributed by atoms with E-state index in [-0.39, 0.29) is 18.1 Å². The first-order chi connectivity index (χ1) is 13.7. The zero-order valence-electron chi connectivity index (χ0n) is 15.1. The third-order valence-corrected chi connectivity index (χ3v) is 4.87.